The largest absolute Gasteiger partial charge is 0.465 e. The van der Waals surface area contributed by atoms with E-state index >= 15 is 0 Å². The first kappa shape index (κ1) is 13.8. The van der Waals surface area contributed by atoms with Gasteiger partial charge in [-0.3, -0.25) is 4.79 Å². The fourth-order valence-corrected chi connectivity index (χ4v) is 2.89. The number of nitrogens with zero attached hydrogens (tertiary/aromatic N) is 3. The van der Waals surface area contributed by atoms with Gasteiger partial charge in [0.15, 0.2) is 0 Å². The van der Waals surface area contributed by atoms with Crippen LogP contribution in [0.4, 0.5) is 4.79 Å². The molecular formula is C13H21N3O3. The van der Waals surface area contributed by atoms with Gasteiger partial charge in [-0.25, -0.2) is 9.80 Å². The zero-order valence-electron chi connectivity index (χ0n) is 11.5. The van der Waals surface area contributed by atoms with Crippen molar-refractivity contribution in [3.8, 4) is 0 Å². The van der Waals surface area contributed by atoms with Gasteiger partial charge < -0.3 is 10.0 Å². The molecule has 1 atom stereocenters. The minimum absolute atomic E-state index is 0.00631. The fraction of sp³-hybridized carbons (Fsp3) is 0.769. The van der Waals surface area contributed by atoms with Crippen LogP contribution in [-0.2, 0) is 4.79 Å². The van der Waals surface area contributed by atoms with Gasteiger partial charge in [-0.1, -0.05) is 12.8 Å². The van der Waals surface area contributed by atoms with E-state index in [9.17, 15) is 9.59 Å². The quantitative estimate of drug-likeness (QED) is 0.843. The lowest BCUT2D eigenvalue weighted by molar-refractivity contribution is -0.131. The molecule has 0 aromatic rings. The van der Waals surface area contributed by atoms with Gasteiger partial charge in [-0.05, 0) is 25.7 Å². The molecule has 1 N–H and O–H groups in total. The van der Waals surface area contributed by atoms with Crippen LogP contribution in [-0.4, -0.2) is 52.4 Å². The average molecular weight is 267 g/mol. The first-order valence-corrected chi connectivity index (χ1v) is 6.81. The Bertz CT molecular complexity index is 402. The summed E-state index contributed by atoms with van der Waals surface area (Å²) in [6.07, 6.45) is 4.02. The molecule has 0 radical (unpaired) electrons. The number of hydrazone groups is 1. The number of amides is 2. The summed E-state index contributed by atoms with van der Waals surface area (Å²) in [4.78, 5) is 23.9. The Morgan fingerprint density at radius 3 is 2.74 bits per heavy atom. The topological polar surface area (TPSA) is 73.2 Å². The molecule has 6 heteroatoms. The van der Waals surface area contributed by atoms with Crippen LogP contribution in [0.1, 0.15) is 39.0 Å². The Labute approximate surface area is 113 Å². The van der Waals surface area contributed by atoms with E-state index in [1.54, 1.807) is 5.01 Å². The Hall–Kier alpha value is -1.59. The molecule has 1 aliphatic carbocycles. The van der Waals surface area contributed by atoms with Crippen molar-refractivity contribution in [1.29, 1.82) is 0 Å². The highest BCUT2D eigenvalue weighted by molar-refractivity contribution is 6.06. The van der Waals surface area contributed by atoms with Crippen molar-refractivity contribution in [2.45, 2.75) is 45.1 Å². The molecule has 1 fully saturated rings. The van der Waals surface area contributed by atoms with Crippen molar-refractivity contribution in [2.75, 3.05) is 13.6 Å². The van der Waals surface area contributed by atoms with Gasteiger partial charge in [0.05, 0.1) is 24.7 Å². The summed E-state index contributed by atoms with van der Waals surface area (Å²) in [6, 6.07) is 0.127. The van der Waals surface area contributed by atoms with Crippen molar-refractivity contribution in [2.24, 2.45) is 11.0 Å². The predicted octanol–water partition coefficient (Wildman–Crippen LogP) is 1.76. The van der Waals surface area contributed by atoms with Crippen molar-refractivity contribution >= 4 is 17.7 Å². The molecule has 0 aromatic heterocycles. The van der Waals surface area contributed by atoms with Crippen LogP contribution in [0.25, 0.3) is 0 Å². The molecule has 2 aliphatic rings. The van der Waals surface area contributed by atoms with Crippen LogP contribution in [0.15, 0.2) is 5.10 Å². The van der Waals surface area contributed by atoms with Crippen molar-refractivity contribution in [1.82, 2.24) is 9.91 Å². The van der Waals surface area contributed by atoms with Gasteiger partial charge in [0.1, 0.15) is 0 Å². The summed E-state index contributed by atoms with van der Waals surface area (Å²) >= 11 is 0. The van der Waals surface area contributed by atoms with Crippen LogP contribution in [0.5, 0.6) is 0 Å². The third-order valence-electron chi connectivity index (χ3n) is 4.07. The Kier molecular flexibility index (Phi) is 4.07. The van der Waals surface area contributed by atoms with Crippen LogP contribution in [0.2, 0.25) is 0 Å². The second-order valence-corrected chi connectivity index (χ2v) is 5.51. The molecule has 0 bridgehead atoms. The minimum atomic E-state index is -1.00. The van der Waals surface area contributed by atoms with E-state index in [-0.39, 0.29) is 24.9 Å². The van der Waals surface area contributed by atoms with E-state index in [0.29, 0.717) is 11.6 Å². The van der Waals surface area contributed by atoms with E-state index in [1.807, 2.05) is 6.92 Å². The van der Waals surface area contributed by atoms with Gasteiger partial charge in [0.2, 0.25) is 5.91 Å². The van der Waals surface area contributed by atoms with Crippen molar-refractivity contribution < 1.29 is 14.7 Å². The monoisotopic (exact) mass is 267 g/mol. The number of hydrogen-bond donors (Lipinski definition) is 1. The summed E-state index contributed by atoms with van der Waals surface area (Å²) in [6.45, 7) is 2.25. The average Bonchev–Trinajstić information content (AvgIpc) is 2.97. The zero-order chi connectivity index (χ0) is 14.0. The van der Waals surface area contributed by atoms with Gasteiger partial charge in [0, 0.05) is 7.05 Å². The maximum absolute atomic E-state index is 12.0. The molecule has 2 amide bonds. The molecule has 1 unspecified atom stereocenters. The first-order chi connectivity index (χ1) is 8.99. The highest BCUT2D eigenvalue weighted by atomic mass is 16.4. The lowest BCUT2D eigenvalue weighted by Crippen LogP contribution is -2.35. The smallest absolute Gasteiger partial charge is 0.407 e. The molecule has 2 rings (SSSR count). The van der Waals surface area contributed by atoms with E-state index in [4.69, 9.17) is 5.11 Å². The molecule has 6 nitrogen and oxygen atoms in total. The lowest BCUT2D eigenvalue weighted by atomic mass is 9.99. The number of carboxylic acid groups (broad SMARTS) is 1. The molecule has 0 saturated heterocycles. The number of carbonyl (C=O) groups is 2. The van der Waals surface area contributed by atoms with Gasteiger partial charge >= 0.3 is 6.09 Å². The van der Waals surface area contributed by atoms with Crippen LogP contribution in [0, 0.1) is 5.92 Å². The molecule has 0 spiro atoms. The molecule has 1 saturated carbocycles. The van der Waals surface area contributed by atoms with Gasteiger partial charge in [-0.15, -0.1) is 0 Å². The number of hydrogen-bond acceptors (Lipinski definition) is 3. The number of rotatable bonds is 4. The minimum Gasteiger partial charge on any atom is -0.465 e. The Morgan fingerprint density at radius 2 is 2.16 bits per heavy atom. The second kappa shape index (κ2) is 5.59. The van der Waals surface area contributed by atoms with E-state index in [0.717, 1.165) is 17.7 Å². The highest BCUT2D eigenvalue weighted by Crippen LogP contribution is 2.31. The molecule has 106 valence electrons. The zero-order valence-corrected chi connectivity index (χ0v) is 11.5. The molecule has 0 aromatic carbocycles. The van der Waals surface area contributed by atoms with Crippen LogP contribution in [0.3, 0.4) is 0 Å². The third kappa shape index (κ3) is 3.05. The second-order valence-electron chi connectivity index (χ2n) is 5.51. The van der Waals surface area contributed by atoms with Crippen LogP contribution >= 0.6 is 0 Å². The van der Waals surface area contributed by atoms with Gasteiger partial charge in [-0.2, -0.15) is 5.10 Å². The van der Waals surface area contributed by atoms with Gasteiger partial charge in [0.25, 0.3) is 0 Å². The maximum atomic E-state index is 12.0. The SMILES string of the molecule is CC(C1CCCC1)N1N=C(CN(C)C(=O)O)CC1=O. The molecule has 1 heterocycles. The summed E-state index contributed by atoms with van der Waals surface area (Å²) < 4.78 is 0. The molecule has 19 heavy (non-hydrogen) atoms. The highest BCUT2D eigenvalue weighted by Gasteiger charge is 2.33. The Balaban J connectivity index is 1.99. The number of carbonyl (C=O) groups excluding carboxylic acids is 1. The van der Waals surface area contributed by atoms with E-state index in [1.165, 1.54) is 19.9 Å². The fourth-order valence-electron chi connectivity index (χ4n) is 2.89. The first-order valence-electron chi connectivity index (χ1n) is 6.81. The predicted molar refractivity (Wildman–Crippen MR) is 71.0 cm³/mol. The normalized spacial score (nSPS) is 21.7. The van der Waals surface area contributed by atoms with E-state index in [2.05, 4.69) is 5.10 Å². The van der Waals surface area contributed by atoms with Crippen molar-refractivity contribution in [3.63, 3.8) is 0 Å². The van der Waals surface area contributed by atoms with E-state index < -0.39 is 6.09 Å². The third-order valence-corrected chi connectivity index (χ3v) is 4.07. The summed E-state index contributed by atoms with van der Waals surface area (Å²) in [7, 11) is 1.48. The Morgan fingerprint density at radius 1 is 1.53 bits per heavy atom. The summed E-state index contributed by atoms with van der Waals surface area (Å²) in [5.74, 6) is 0.525. The lowest BCUT2D eigenvalue weighted by Gasteiger charge is -2.26. The van der Waals surface area contributed by atoms with Crippen LogP contribution < -0.4 is 0 Å². The van der Waals surface area contributed by atoms with Crippen molar-refractivity contribution in [3.05, 3.63) is 0 Å². The standard InChI is InChI=1S/C13H21N3O3/c1-9(10-5-3-4-6-10)16-12(17)7-11(14-16)8-15(2)13(18)19/h9-10H,3-8H2,1-2H3,(H,18,19). The maximum Gasteiger partial charge on any atom is 0.407 e. The molecule has 1 aliphatic heterocycles. The summed E-state index contributed by atoms with van der Waals surface area (Å²) in [5.41, 5.74) is 0.639. The summed E-state index contributed by atoms with van der Waals surface area (Å²) in [5, 5.41) is 14.7. The molecular weight excluding hydrogens is 246 g/mol.